The third-order valence-electron chi connectivity index (χ3n) is 2.33. The average Bonchev–Trinajstić information content (AvgIpc) is 2.31. The van der Waals surface area contributed by atoms with Gasteiger partial charge in [-0.25, -0.2) is 4.98 Å². The lowest BCUT2D eigenvalue weighted by molar-refractivity contribution is 0.205. The molecule has 5 heteroatoms. The van der Waals surface area contributed by atoms with Crippen LogP contribution in [0.25, 0.3) is 0 Å². The Labute approximate surface area is 104 Å². The maximum atomic E-state index is 9.29. The molecule has 0 aromatic carbocycles. The molecule has 0 atom stereocenters. The Morgan fingerprint density at radius 1 is 1.56 bits per heavy atom. The fraction of sp³-hybridized carbons (Fsp3) is 0.545. The van der Waals surface area contributed by atoms with Crippen LogP contribution in [0.3, 0.4) is 0 Å². The van der Waals surface area contributed by atoms with E-state index < -0.39 is 0 Å². The Morgan fingerprint density at radius 3 is 2.88 bits per heavy atom. The molecule has 1 rings (SSSR count). The molecule has 1 aromatic heterocycles. The highest BCUT2D eigenvalue weighted by Crippen LogP contribution is 2.21. The van der Waals surface area contributed by atoms with E-state index in [1.807, 2.05) is 6.07 Å². The number of hydrogen-bond acceptors (Lipinski definition) is 4. The summed E-state index contributed by atoms with van der Waals surface area (Å²) in [7, 11) is 1.68. The zero-order valence-corrected chi connectivity index (χ0v) is 11.2. The Bertz CT molecular complexity index is 334. The molecule has 0 radical (unpaired) electrons. The van der Waals surface area contributed by atoms with Crippen LogP contribution in [-0.2, 0) is 11.3 Å². The summed E-state index contributed by atoms with van der Waals surface area (Å²) in [6.07, 6.45) is 1.74. The molecule has 1 N–H and O–H groups in total. The fourth-order valence-electron chi connectivity index (χ4n) is 1.49. The number of likely N-dealkylation sites (N-methyl/N-ethyl adjacent to an activating group) is 1. The van der Waals surface area contributed by atoms with E-state index in [0.29, 0.717) is 6.61 Å². The van der Waals surface area contributed by atoms with E-state index in [9.17, 15) is 5.11 Å². The van der Waals surface area contributed by atoms with Crippen molar-refractivity contribution in [1.29, 1.82) is 0 Å². The van der Waals surface area contributed by atoms with Crippen LogP contribution >= 0.6 is 15.9 Å². The number of pyridine rings is 1. The molecule has 0 spiro atoms. The van der Waals surface area contributed by atoms with Gasteiger partial charge in [0.2, 0.25) is 0 Å². The molecule has 0 saturated carbocycles. The van der Waals surface area contributed by atoms with Gasteiger partial charge in [0.05, 0.1) is 13.2 Å². The molecule has 0 aliphatic heterocycles. The molecule has 0 unspecified atom stereocenters. The number of anilines is 1. The minimum Gasteiger partial charge on any atom is -0.392 e. The zero-order chi connectivity index (χ0) is 12.0. The number of aliphatic hydroxyl groups excluding tert-OH is 1. The zero-order valence-electron chi connectivity index (χ0n) is 9.61. The van der Waals surface area contributed by atoms with Crippen molar-refractivity contribution in [3.05, 3.63) is 22.3 Å². The van der Waals surface area contributed by atoms with Gasteiger partial charge >= 0.3 is 0 Å². The first-order valence-corrected chi connectivity index (χ1v) is 6.01. The third-order valence-corrected chi connectivity index (χ3v) is 2.76. The van der Waals surface area contributed by atoms with Gasteiger partial charge in [0.25, 0.3) is 0 Å². The smallest absolute Gasteiger partial charge is 0.134 e. The van der Waals surface area contributed by atoms with Gasteiger partial charge in [-0.3, -0.25) is 0 Å². The van der Waals surface area contributed by atoms with Gasteiger partial charge in [-0.15, -0.1) is 0 Å². The lowest BCUT2D eigenvalue weighted by atomic mass is 10.2. The highest BCUT2D eigenvalue weighted by Gasteiger charge is 2.11. The minimum atomic E-state index is -0.00868. The quantitative estimate of drug-likeness (QED) is 0.867. The summed E-state index contributed by atoms with van der Waals surface area (Å²) in [4.78, 5) is 6.42. The Hall–Kier alpha value is -0.650. The summed E-state index contributed by atoms with van der Waals surface area (Å²) in [6, 6.07) is 1.89. The second-order valence-corrected chi connectivity index (χ2v) is 4.28. The Morgan fingerprint density at radius 2 is 2.31 bits per heavy atom. The average molecular weight is 289 g/mol. The molecule has 90 valence electrons. The summed E-state index contributed by atoms with van der Waals surface area (Å²) in [5, 5.41) is 9.29. The first-order chi connectivity index (χ1) is 7.72. The van der Waals surface area contributed by atoms with Crippen molar-refractivity contribution in [2.45, 2.75) is 13.5 Å². The number of aromatic nitrogens is 1. The second-order valence-electron chi connectivity index (χ2n) is 3.37. The van der Waals surface area contributed by atoms with Crippen LogP contribution in [0, 0.1) is 0 Å². The lowest BCUT2D eigenvalue weighted by Crippen LogP contribution is -2.28. The molecular formula is C11H17BrN2O2. The number of ether oxygens (including phenoxy) is 1. The summed E-state index contributed by atoms with van der Waals surface area (Å²) >= 11 is 3.34. The largest absolute Gasteiger partial charge is 0.392 e. The number of hydrogen-bond donors (Lipinski definition) is 1. The number of nitrogens with zero attached hydrogens (tertiary/aromatic N) is 2. The number of aliphatic hydroxyl groups is 1. The van der Waals surface area contributed by atoms with E-state index in [2.05, 4.69) is 32.7 Å². The van der Waals surface area contributed by atoms with Gasteiger partial charge in [0.15, 0.2) is 0 Å². The van der Waals surface area contributed by atoms with Gasteiger partial charge < -0.3 is 14.7 Å². The van der Waals surface area contributed by atoms with Crippen LogP contribution in [0.2, 0.25) is 0 Å². The number of halogens is 1. The molecule has 1 heterocycles. The van der Waals surface area contributed by atoms with Crippen molar-refractivity contribution < 1.29 is 9.84 Å². The highest BCUT2D eigenvalue weighted by atomic mass is 79.9. The monoisotopic (exact) mass is 288 g/mol. The van der Waals surface area contributed by atoms with Gasteiger partial charge in [-0.2, -0.15) is 0 Å². The molecule has 4 nitrogen and oxygen atoms in total. The van der Waals surface area contributed by atoms with Crippen LogP contribution in [0.15, 0.2) is 16.7 Å². The van der Waals surface area contributed by atoms with E-state index in [-0.39, 0.29) is 6.61 Å². The number of methoxy groups -OCH3 is 1. The normalized spacial score (nSPS) is 10.5. The van der Waals surface area contributed by atoms with Crippen molar-refractivity contribution in [2.24, 2.45) is 0 Å². The molecule has 0 amide bonds. The Kier molecular flexibility index (Phi) is 5.73. The Balaban J connectivity index is 2.90. The molecule has 0 aliphatic rings. The van der Waals surface area contributed by atoms with Crippen LogP contribution < -0.4 is 4.90 Å². The minimum absolute atomic E-state index is 0.00868. The molecule has 0 aliphatic carbocycles. The predicted octanol–water partition coefficient (Wildman–Crippen LogP) is 1.81. The summed E-state index contributed by atoms with van der Waals surface area (Å²) < 4.78 is 5.93. The topological polar surface area (TPSA) is 45.6 Å². The molecule has 16 heavy (non-hydrogen) atoms. The van der Waals surface area contributed by atoms with Crippen LogP contribution in [-0.4, -0.2) is 36.9 Å². The number of rotatable bonds is 6. The first-order valence-electron chi connectivity index (χ1n) is 5.22. The standard InChI is InChI=1S/C11H17BrN2O2/c1-3-14(4-5-16-2)11-9(8-15)6-10(12)7-13-11/h6-7,15H,3-5,8H2,1-2H3. The van der Waals surface area contributed by atoms with Crippen LogP contribution in [0.4, 0.5) is 5.82 Å². The van der Waals surface area contributed by atoms with E-state index in [1.165, 1.54) is 0 Å². The van der Waals surface area contributed by atoms with Crippen molar-refractivity contribution in [2.75, 3.05) is 31.7 Å². The molecule has 0 fully saturated rings. The second kappa shape index (κ2) is 6.83. The van der Waals surface area contributed by atoms with Crippen molar-refractivity contribution >= 4 is 21.7 Å². The van der Waals surface area contributed by atoms with Gasteiger partial charge in [-0.05, 0) is 28.9 Å². The predicted molar refractivity (Wildman–Crippen MR) is 67.6 cm³/mol. The maximum absolute atomic E-state index is 9.29. The van der Waals surface area contributed by atoms with Crippen molar-refractivity contribution in [3.63, 3.8) is 0 Å². The molecule has 0 bridgehead atoms. The SMILES string of the molecule is CCN(CCOC)c1ncc(Br)cc1CO. The molecule has 0 saturated heterocycles. The first kappa shape index (κ1) is 13.4. The lowest BCUT2D eigenvalue weighted by Gasteiger charge is -2.23. The van der Waals surface area contributed by atoms with Gasteiger partial charge in [0.1, 0.15) is 5.82 Å². The van der Waals surface area contributed by atoms with E-state index in [1.54, 1.807) is 13.3 Å². The van der Waals surface area contributed by atoms with Crippen LogP contribution in [0.1, 0.15) is 12.5 Å². The summed E-state index contributed by atoms with van der Waals surface area (Å²) in [5.74, 6) is 0.824. The van der Waals surface area contributed by atoms with E-state index in [4.69, 9.17) is 4.74 Å². The summed E-state index contributed by atoms with van der Waals surface area (Å²) in [5.41, 5.74) is 0.826. The van der Waals surface area contributed by atoms with Gasteiger partial charge in [0, 0.05) is 36.4 Å². The fourth-order valence-corrected chi connectivity index (χ4v) is 1.87. The molecular weight excluding hydrogens is 272 g/mol. The van der Waals surface area contributed by atoms with Crippen LogP contribution in [0.5, 0.6) is 0 Å². The van der Waals surface area contributed by atoms with Crippen molar-refractivity contribution in [1.82, 2.24) is 4.98 Å². The van der Waals surface area contributed by atoms with Crippen molar-refractivity contribution in [3.8, 4) is 0 Å². The summed E-state index contributed by atoms with van der Waals surface area (Å²) in [6.45, 7) is 4.31. The maximum Gasteiger partial charge on any atom is 0.134 e. The van der Waals surface area contributed by atoms with E-state index in [0.717, 1.165) is 28.9 Å². The molecule has 1 aromatic rings. The third kappa shape index (κ3) is 3.43. The highest BCUT2D eigenvalue weighted by molar-refractivity contribution is 9.10. The van der Waals surface area contributed by atoms with E-state index >= 15 is 0 Å². The van der Waals surface area contributed by atoms with Gasteiger partial charge in [-0.1, -0.05) is 0 Å².